The number of ether oxygens (including phenoxy) is 1. The molecule has 3 aromatic rings. The number of fused-ring (bicyclic) bond motifs is 8. The Kier molecular flexibility index (Phi) is 8.17. The Morgan fingerprint density at radius 1 is 0.933 bits per heavy atom. The molecule has 0 aromatic heterocycles. The highest BCUT2D eigenvalue weighted by Crippen LogP contribution is 2.66. The molecule has 3 heteroatoms. The number of hydrogen-bond donors (Lipinski definition) is 1. The summed E-state index contributed by atoms with van der Waals surface area (Å²) in [5, 5.41) is 11.9. The lowest BCUT2D eigenvalue weighted by Gasteiger charge is -2.51. The molecule has 45 heavy (non-hydrogen) atoms. The standard InChI is InChI=1S/C40H44O2S.C2H6/c1-7-14-26(15-8-2)40(27-16-10-9-11-17-27)42-34-20-29-30(21-35(34)43-40)36-28-18-12-13-19-31(28)39(32(36)22-33(29)41)24-37(3,4)23-38(5,6)25-39;1-2/h7,9-20,22,35,41H,8,21,23-25H2,1-6H3;1-2H3/b14-7-,26-15+;. The van der Waals surface area contributed by atoms with E-state index >= 15 is 0 Å². The van der Waals surface area contributed by atoms with Crippen LogP contribution < -0.4 is 0 Å². The van der Waals surface area contributed by atoms with Gasteiger partial charge in [-0.25, -0.2) is 0 Å². The molecule has 1 N–H and O–H groups in total. The highest BCUT2D eigenvalue weighted by molar-refractivity contribution is 8.01. The van der Waals surface area contributed by atoms with Gasteiger partial charge in [0.25, 0.3) is 0 Å². The van der Waals surface area contributed by atoms with Gasteiger partial charge in [0, 0.05) is 22.1 Å². The van der Waals surface area contributed by atoms with E-state index in [9.17, 15) is 5.11 Å². The molecule has 1 saturated heterocycles. The number of thioether (sulfide) groups is 1. The van der Waals surface area contributed by atoms with Crippen molar-refractivity contribution in [2.45, 2.75) is 103 Å². The SMILES string of the molecule is C/C=C\C(=C/CC)C1(c2ccccc2)OC2=Cc3c(O)cc4c(c3CC2S1)-c1ccccc1C41CC(C)(C)CC(C)(C)C1.CC. The van der Waals surface area contributed by atoms with Crippen molar-refractivity contribution in [2.75, 3.05) is 0 Å². The molecular formula is C42H50O2S. The van der Waals surface area contributed by atoms with Gasteiger partial charge in [-0.3, -0.25) is 0 Å². The monoisotopic (exact) mass is 618 g/mol. The van der Waals surface area contributed by atoms with Crippen molar-refractivity contribution in [3.05, 3.63) is 118 Å². The van der Waals surface area contributed by atoms with Crippen LogP contribution >= 0.6 is 11.8 Å². The summed E-state index contributed by atoms with van der Waals surface area (Å²) in [5.41, 5.74) is 10.4. The van der Waals surface area contributed by atoms with Gasteiger partial charge in [-0.15, -0.1) is 0 Å². The van der Waals surface area contributed by atoms with Crippen LogP contribution in [0.15, 0.2) is 90.2 Å². The molecule has 0 bridgehead atoms. The predicted octanol–water partition coefficient (Wildman–Crippen LogP) is 11.7. The topological polar surface area (TPSA) is 29.5 Å². The Bertz CT molecular complexity index is 1670. The average Bonchev–Trinajstić information content (AvgIpc) is 3.50. The van der Waals surface area contributed by atoms with Crippen LogP contribution in [0.5, 0.6) is 5.75 Å². The normalized spacial score (nSPS) is 24.9. The van der Waals surface area contributed by atoms with Crippen LogP contribution in [0.25, 0.3) is 17.2 Å². The first-order chi connectivity index (χ1) is 21.5. The summed E-state index contributed by atoms with van der Waals surface area (Å²) in [4.78, 5) is -0.627. The van der Waals surface area contributed by atoms with E-state index in [1.54, 1.807) is 0 Å². The minimum Gasteiger partial charge on any atom is -0.507 e. The van der Waals surface area contributed by atoms with Crippen molar-refractivity contribution in [3.63, 3.8) is 0 Å². The Morgan fingerprint density at radius 3 is 2.27 bits per heavy atom. The summed E-state index contributed by atoms with van der Waals surface area (Å²) in [6.45, 7) is 18.0. The van der Waals surface area contributed by atoms with Gasteiger partial charge in [0.15, 0.2) is 0 Å². The first-order valence-electron chi connectivity index (χ1n) is 17.0. The zero-order chi connectivity index (χ0) is 32.2. The molecule has 2 atom stereocenters. The molecular weight excluding hydrogens is 569 g/mol. The molecule has 4 aliphatic rings. The van der Waals surface area contributed by atoms with Gasteiger partial charge < -0.3 is 9.84 Å². The fraction of sp³-hybridized carbons (Fsp3) is 0.429. The van der Waals surface area contributed by atoms with Crippen LogP contribution in [0.4, 0.5) is 0 Å². The number of benzene rings is 3. The van der Waals surface area contributed by atoms with Gasteiger partial charge in [0.1, 0.15) is 11.5 Å². The molecule has 3 aliphatic carbocycles. The molecule has 3 aromatic carbocycles. The second-order valence-corrected chi connectivity index (χ2v) is 16.1. The first-order valence-corrected chi connectivity index (χ1v) is 17.9. The van der Waals surface area contributed by atoms with Gasteiger partial charge in [-0.2, -0.15) is 0 Å². The molecule has 0 radical (unpaired) electrons. The summed E-state index contributed by atoms with van der Waals surface area (Å²) in [7, 11) is 0. The highest BCUT2D eigenvalue weighted by Gasteiger charge is 2.55. The van der Waals surface area contributed by atoms with E-state index in [0.717, 1.165) is 42.6 Å². The lowest BCUT2D eigenvalue weighted by atomic mass is 9.52. The molecule has 7 rings (SSSR count). The first kappa shape index (κ1) is 31.8. The van der Waals surface area contributed by atoms with E-state index in [1.807, 2.05) is 25.6 Å². The molecule has 2 fully saturated rings. The van der Waals surface area contributed by atoms with E-state index in [1.165, 1.54) is 39.8 Å². The minimum atomic E-state index is -0.627. The predicted molar refractivity (Wildman–Crippen MR) is 193 cm³/mol. The molecule has 2 nitrogen and oxygen atoms in total. The Morgan fingerprint density at radius 2 is 1.60 bits per heavy atom. The second-order valence-electron chi connectivity index (χ2n) is 14.7. The summed E-state index contributed by atoms with van der Waals surface area (Å²) >= 11 is 1.91. The van der Waals surface area contributed by atoms with Gasteiger partial charge >= 0.3 is 0 Å². The average molecular weight is 619 g/mol. The van der Waals surface area contributed by atoms with Crippen molar-refractivity contribution in [3.8, 4) is 16.9 Å². The fourth-order valence-electron chi connectivity index (χ4n) is 9.45. The highest BCUT2D eigenvalue weighted by atomic mass is 32.2. The van der Waals surface area contributed by atoms with E-state index in [0.29, 0.717) is 5.75 Å². The summed E-state index contributed by atoms with van der Waals surface area (Å²) < 4.78 is 7.06. The third-order valence-electron chi connectivity index (χ3n) is 10.1. The van der Waals surface area contributed by atoms with Crippen LogP contribution in [0.3, 0.4) is 0 Å². The Balaban J connectivity index is 0.00000175. The molecule has 1 spiro atoms. The van der Waals surface area contributed by atoms with Gasteiger partial charge in [-0.05, 0) is 89.8 Å². The Labute approximate surface area is 275 Å². The van der Waals surface area contributed by atoms with Gasteiger partial charge in [0.2, 0.25) is 4.93 Å². The molecule has 0 amide bonds. The molecule has 1 aliphatic heterocycles. The zero-order valence-corrected chi connectivity index (χ0v) is 29.3. The van der Waals surface area contributed by atoms with E-state index in [4.69, 9.17) is 4.74 Å². The van der Waals surface area contributed by atoms with Crippen molar-refractivity contribution in [1.29, 1.82) is 0 Å². The zero-order valence-electron chi connectivity index (χ0n) is 28.5. The van der Waals surface area contributed by atoms with Crippen LogP contribution in [-0.2, 0) is 21.5 Å². The maximum absolute atomic E-state index is 11.8. The van der Waals surface area contributed by atoms with Crippen molar-refractivity contribution in [1.82, 2.24) is 0 Å². The number of aromatic hydroxyl groups is 1. The number of phenolic OH excluding ortho intramolecular Hbond substituents is 1. The maximum atomic E-state index is 11.8. The van der Waals surface area contributed by atoms with Crippen LogP contribution in [0.1, 0.15) is 109 Å². The van der Waals surface area contributed by atoms with Crippen LogP contribution in [0, 0.1) is 10.8 Å². The summed E-state index contributed by atoms with van der Waals surface area (Å²) in [6.07, 6.45) is 13.9. The quantitative estimate of drug-likeness (QED) is 0.295. The van der Waals surface area contributed by atoms with E-state index < -0.39 is 4.93 Å². The van der Waals surface area contributed by atoms with E-state index in [-0.39, 0.29) is 21.5 Å². The minimum absolute atomic E-state index is 0.0935. The fourth-order valence-corrected chi connectivity index (χ4v) is 11.0. The molecule has 236 valence electrons. The molecule has 1 saturated carbocycles. The van der Waals surface area contributed by atoms with Crippen LogP contribution in [0.2, 0.25) is 0 Å². The second kappa shape index (κ2) is 11.6. The van der Waals surface area contributed by atoms with Gasteiger partial charge in [0.05, 0.1) is 5.25 Å². The number of phenols is 1. The van der Waals surface area contributed by atoms with Crippen molar-refractivity contribution < 1.29 is 9.84 Å². The lowest BCUT2D eigenvalue weighted by molar-refractivity contribution is 0.0645. The van der Waals surface area contributed by atoms with Gasteiger partial charge in [-0.1, -0.05) is 133 Å². The van der Waals surface area contributed by atoms with E-state index in [2.05, 4.69) is 127 Å². The summed E-state index contributed by atoms with van der Waals surface area (Å²) in [5.74, 6) is 1.35. The van der Waals surface area contributed by atoms with Crippen molar-refractivity contribution >= 4 is 17.8 Å². The third-order valence-corrected chi connectivity index (χ3v) is 11.6. The number of hydrogen-bond acceptors (Lipinski definition) is 3. The lowest BCUT2D eigenvalue weighted by Crippen LogP contribution is -2.44. The Hall–Kier alpha value is -3.17. The van der Waals surface area contributed by atoms with Crippen LogP contribution in [-0.4, -0.2) is 10.4 Å². The largest absolute Gasteiger partial charge is 0.507 e. The maximum Gasteiger partial charge on any atom is 0.205 e. The van der Waals surface area contributed by atoms with Crippen molar-refractivity contribution in [2.24, 2.45) is 10.8 Å². The molecule has 1 heterocycles. The molecule has 2 unspecified atom stereocenters. The summed E-state index contributed by atoms with van der Waals surface area (Å²) in [6, 6.07) is 21.9. The number of rotatable bonds is 4. The third kappa shape index (κ3) is 5.10. The number of allylic oxidation sites excluding steroid dienone is 2. The smallest absolute Gasteiger partial charge is 0.205 e.